The van der Waals surface area contributed by atoms with Crippen LogP contribution >= 0.6 is 15.9 Å². The molecule has 0 N–H and O–H groups in total. The second-order valence-corrected chi connectivity index (χ2v) is 5.87. The summed E-state index contributed by atoms with van der Waals surface area (Å²) >= 11 is 3.34. The van der Waals surface area contributed by atoms with Gasteiger partial charge in [0, 0.05) is 12.3 Å². The number of nitro groups is 1. The van der Waals surface area contributed by atoms with Gasteiger partial charge in [0.2, 0.25) is 5.88 Å². The third-order valence-corrected chi connectivity index (χ3v) is 4.07. The molecule has 1 fully saturated rings. The maximum atomic E-state index is 12.4. The smallest absolute Gasteiger partial charge is 0.282 e. The van der Waals surface area contributed by atoms with Crippen LogP contribution in [0.2, 0.25) is 0 Å². The maximum Gasteiger partial charge on any atom is 0.282 e. The third-order valence-electron chi connectivity index (χ3n) is 3.47. The van der Waals surface area contributed by atoms with Gasteiger partial charge in [0.15, 0.2) is 0 Å². The minimum atomic E-state index is -0.550. The van der Waals surface area contributed by atoms with E-state index >= 15 is 0 Å². The van der Waals surface area contributed by atoms with E-state index < -0.39 is 4.92 Å². The summed E-state index contributed by atoms with van der Waals surface area (Å²) in [6.45, 7) is 0.738. The van der Waals surface area contributed by atoms with Crippen LogP contribution in [0.1, 0.15) is 10.4 Å². The summed E-state index contributed by atoms with van der Waals surface area (Å²) in [6, 6.07) is 9.53. The molecule has 1 aliphatic rings. The summed E-state index contributed by atoms with van der Waals surface area (Å²) < 4.78 is 6.43. The SMILES string of the molecule is O=C(c1ccccc1[N+](=O)[O-])N1CC(Oc2ncccc2Br)C1. The molecule has 1 aromatic heterocycles. The lowest BCUT2D eigenvalue weighted by molar-refractivity contribution is -0.385. The van der Waals surface area contributed by atoms with E-state index in [0.717, 1.165) is 4.47 Å². The highest BCUT2D eigenvalue weighted by molar-refractivity contribution is 9.10. The van der Waals surface area contributed by atoms with E-state index in [1.165, 1.54) is 23.1 Å². The normalized spacial score (nSPS) is 14.2. The lowest BCUT2D eigenvalue weighted by atomic mass is 10.1. The molecule has 8 heteroatoms. The fourth-order valence-corrected chi connectivity index (χ4v) is 2.63. The molecular weight excluding hydrogens is 366 g/mol. The van der Waals surface area contributed by atoms with E-state index in [9.17, 15) is 14.9 Å². The molecule has 2 aromatic rings. The number of hydrogen-bond donors (Lipinski definition) is 0. The number of para-hydroxylation sites is 1. The predicted octanol–water partition coefficient (Wildman–Crippen LogP) is 2.66. The van der Waals surface area contributed by atoms with Gasteiger partial charge in [0.1, 0.15) is 11.7 Å². The van der Waals surface area contributed by atoms with Crippen LogP contribution in [0.3, 0.4) is 0 Å². The van der Waals surface area contributed by atoms with Crippen LogP contribution in [0, 0.1) is 10.1 Å². The van der Waals surface area contributed by atoms with E-state index in [-0.39, 0.29) is 23.3 Å². The molecule has 1 aliphatic heterocycles. The molecule has 0 aliphatic carbocycles. The molecule has 3 rings (SSSR count). The zero-order valence-electron chi connectivity index (χ0n) is 11.9. The Balaban J connectivity index is 1.65. The van der Waals surface area contributed by atoms with Gasteiger partial charge in [-0.15, -0.1) is 0 Å². The van der Waals surface area contributed by atoms with E-state index in [4.69, 9.17) is 4.74 Å². The van der Waals surface area contributed by atoms with Gasteiger partial charge in [-0.2, -0.15) is 0 Å². The molecule has 1 saturated heterocycles. The Morgan fingerprint density at radius 1 is 1.30 bits per heavy atom. The fraction of sp³-hybridized carbons (Fsp3) is 0.200. The first-order chi connectivity index (χ1) is 11.1. The lowest BCUT2D eigenvalue weighted by Crippen LogP contribution is -2.56. The maximum absolute atomic E-state index is 12.4. The molecular formula is C15H12BrN3O4. The Morgan fingerprint density at radius 2 is 2.04 bits per heavy atom. The van der Waals surface area contributed by atoms with E-state index in [1.807, 2.05) is 6.07 Å². The van der Waals surface area contributed by atoms with Gasteiger partial charge in [0.25, 0.3) is 11.6 Å². The van der Waals surface area contributed by atoms with E-state index in [1.54, 1.807) is 18.3 Å². The lowest BCUT2D eigenvalue weighted by Gasteiger charge is -2.38. The first-order valence-corrected chi connectivity index (χ1v) is 7.65. The summed E-state index contributed by atoms with van der Waals surface area (Å²) in [5, 5.41) is 11.0. The monoisotopic (exact) mass is 377 g/mol. The Morgan fingerprint density at radius 3 is 2.74 bits per heavy atom. The molecule has 0 unspecified atom stereocenters. The molecule has 1 aromatic carbocycles. The topological polar surface area (TPSA) is 85.6 Å². The molecule has 0 spiro atoms. The number of amides is 1. The number of nitrogens with zero attached hydrogens (tertiary/aromatic N) is 3. The number of benzene rings is 1. The fourth-order valence-electron chi connectivity index (χ4n) is 2.28. The van der Waals surface area contributed by atoms with Crippen molar-refractivity contribution in [3.8, 4) is 5.88 Å². The van der Waals surface area contributed by atoms with Gasteiger partial charge in [-0.05, 0) is 34.1 Å². The van der Waals surface area contributed by atoms with Crippen molar-refractivity contribution in [1.82, 2.24) is 9.88 Å². The van der Waals surface area contributed by atoms with E-state index in [2.05, 4.69) is 20.9 Å². The third kappa shape index (κ3) is 3.16. The number of aromatic nitrogens is 1. The molecule has 0 atom stereocenters. The van der Waals surface area contributed by atoms with Crippen LogP contribution in [0.25, 0.3) is 0 Å². The second-order valence-electron chi connectivity index (χ2n) is 5.01. The number of pyridine rings is 1. The van der Waals surface area contributed by atoms with Crippen molar-refractivity contribution in [2.24, 2.45) is 0 Å². The van der Waals surface area contributed by atoms with E-state index in [0.29, 0.717) is 19.0 Å². The summed E-state index contributed by atoms with van der Waals surface area (Å²) in [6.07, 6.45) is 1.45. The number of hydrogen-bond acceptors (Lipinski definition) is 5. The van der Waals surface area contributed by atoms with Gasteiger partial charge >= 0.3 is 0 Å². The van der Waals surface area contributed by atoms with Crippen LogP contribution in [0.4, 0.5) is 5.69 Å². The first kappa shape index (κ1) is 15.4. The van der Waals surface area contributed by atoms with Crippen LogP contribution < -0.4 is 4.74 Å². The number of nitro benzene ring substituents is 1. The largest absolute Gasteiger partial charge is 0.470 e. The molecule has 2 heterocycles. The molecule has 0 radical (unpaired) electrons. The molecule has 0 saturated carbocycles. The number of likely N-dealkylation sites (tertiary alicyclic amines) is 1. The van der Waals surface area contributed by atoms with Gasteiger partial charge in [-0.25, -0.2) is 4.98 Å². The number of halogens is 1. The van der Waals surface area contributed by atoms with Crippen molar-refractivity contribution in [2.75, 3.05) is 13.1 Å². The van der Waals surface area contributed by atoms with Crippen molar-refractivity contribution in [3.63, 3.8) is 0 Å². The minimum Gasteiger partial charge on any atom is -0.470 e. The van der Waals surface area contributed by atoms with Crippen molar-refractivity contribution < 1.29 is 14.5 Å². The first-order valence-electron chi connectivity index (χ1n) is 6.86. The summed E-state index contributed by atoms with van der Waals surface area (Å²) in [7, 11) is 0. The molecule has 118 valence electrons. The number of ether oxygens (including phenoxy) is 1. The number of carbonyl (C=O) groups is 1. The quantitative estimate of drug-likeness (QED) is 0.603. The zero-order chi connectivity index (χ0) is 16.4. The molecule has 0 bridgehead atoms. The van der Waals surface area contributed by atoms with Crippen molar-refractivity contribution in [3.05, 3.63) is 62.7 Å². The van der Waals surface area contributed by atoms with Crippen LogP contribution in [0.15, 0.2) is 47.1 Å². The minimum absolute atomic E-state index is 0.0926. The zero-order valence-corrected chi connectivity index (χ0v) is 13.5. The standard InChI is InChI=1S/C15H12BrN3O4/c16-12-5-3-7-17-14(12)23-10-8-18(9-10)15(20)11-4-1-2-6-13(11)19(21)22/h1-7,10H,8-9H2. The Kier molecular flexibility index (Phi) is 4.24. The second kappa shape index (κ2) is 6.33. The van der Waals surface area contributed by atoms with Crippen LogP contribution in [-0.2, 0) is 0 Å². The van der Waals surface area contributed by atoms with Crippen LogP contribution in [0.5, 0.6) is 5.88 Å². The highest BCUT2D eigenvalue weighted by Crippen LogP contribution is 2.26. The van der Waals surface area contributed by atoms with Gasteiger partial charge in [-0.1, -0.05) is 12.1 Å². The van der Waals surface area contributed by atoms with Crippen molar-refractivity contribution >= 4 is 27.5 Å². The van der Waals surface area contributed by atoms with Crippen LogP contribution in [-0.4, -0.2) is 39.9 Å². The molecule has 23 heavy (non-hydrogen) atoms. The average Bonchev–Trinajstić information content (AvgIpc) is 2.51. The molecule has 1 amide bonds. The Labute approximate surface area is 140 Å². The van der Waals surface area contributed by atoms with Gasteiger partial charge in [-0.3, -0.25) is 14.9 Å². The van der Waals surface area contributed by atoms with Gasteiger partial charge < -0.3 is 9.64 Å². The number of carbonyl (C=O) groups excluding carboxylic acids is 1. The summed E-state index contributed by atoms with van der Waals surface area (Å²) in [4.78, 5) is 28.4. The van der Waals surface area contributed by atoms with Crippen molar-refractivity contribution in [1.29, 1.82) is 0 Å². The molecule has 7 nitrogen and oxygen atoms in total. The highest BCUT2D eigenvalue weighted by atomic mass is 79.9. The number of rotatable bonds is 4. The average molecular weight is 378 g/mol. The predicted molar refractivity (Wildman–Crippen MR) is 85.4 cm³/mol. The Hall–Kier alpha value is -2.48. The summed E-state index contributed by atoms with van der Waals surface area (Å²) in [5.74, 6) is 0.104. The van der Waals surface area contributed by atoms with Gasteiger partial charge in [0.05, 0.1) is 22.5 Å². The Bertz CT molecular complexity index is 762. The highest BCUT2D eigenvalue weighted by Gasteiger charge is 2.35. The van der Waals surface area contributed by atoms with Crippen molar-refractivity contribution in [2.45, 2.75) is 6.10 Å². The summed E-state index contributed by atoms with van der Waals surface area (Å²) in [5.41, 5.74) is -0.0932.